The number of benzene rings is 2. The fourth-order valence-corrected chi connectivity index (χ4v) is 4.88. The van der Waals surface area contributed by atoms with Crippen molar-refractivity contribution in [3.8, 4) is 0 Å². The molecule has 1 atom stereocenters. The lowest BCUT2D eigenvalue weighted by Gasteiger charge is -2.29. The van der Waals surface area contributed by atoms with Crippen molar-refractivity contribution < 1.29 is 27.1 Å². The highest BCUT2D eigenvalue weighted by molar-refractivity contribution is 7.98. The van der Waals surface area contributed by atoms with E-state index < -0.39 is 39.4 Å². The van der Waals surface area contributed by atoms with Crippen LogP contribution in [-0.4, -0.2) is 39.0 Å². The third-order valence-electron chi connectivity index (χ3n) is 4.61. The number of carbonyl (C=O) groups is 2. The summed E-state index contributed by atoms with van der Waals surface area (Å²) in [6.45, 7) is 1.71. The fourth-order valence-electron chi connectivity index (χ4n) is 3.14. The summed E-state index contributed by atoms with van der Waals surface area (Å²) in [5.74, 6) is -1.97. The number of sulfone groups is 1. The van der Waals surface area contributed by atoms with Crippen molar-refractivity contribution in [3.05, 3.63) is 71.2 Å². The first-order valence-corrected chi connectivity index (χ1v) is 12.2. The first-order chi connectivity index (χ1) is 14.7. The van der Waals surface area contributed by atoms with E-state index in [0.717, 1.165) is 29.2 Å². The van der Waals surface area contributed by atoms with Crippen LogP contribution in [0.5, 0.6) is 0 Å². The van der Waals surface area contributed by atoms with Crippen LogP contribution in [-0.2, 0) is 19.4 Å². The second-order valence-corrected chi connectivity index (χ2v) is 9.50. The lowest BCUT2D eigenvalue weighted by molar-refractivity contribution is -0.139. The maximum absolute atomic E-state index is 13.2. The first kappa shape index (κ1) is 22.8. The highest BCUT2D eigenvalue weighted by Crippen LogP contribution is 2.30. The van der Waals surface area contributed by atoms with Crippen LogP contribution in [0.4, 0.5) is 9.18 Å². The predicted octanol–water partition coefficient (Wildman–Crippen LogP) is 3.19. The number of hydrogen-bond donors (Lipinski definition) is 2. The minimum Gasteiger partial charge on any atom is -0.463 e. The average molecular weight is 465 g/mol. The molecule has 0 spiro atoms. The van der Waals surface area contributed by atoms with Gasteiger partial charge in [-0.25, -0.2) is 22.4 Å². The van der Waals surface area contributed by atoms with Crippen molar-refractivity contribution >= 4 is 33.6 Å². The Hall–Kier alpha value is -2.85. The van der Waals surface area contributed by atoms with Crippen LogP contribution in [0, 0.1) is 5.82 Å². The molecule has 0 aliphatic carbocycles. The highest BCUT2D eigenvalue weighted by atomic mass is 32.2. The van der Waals surface area contributed by atoms with E-state index in [2.05, 4.69) is 10.6 Å². The molecule has 3 rings (SSSR count). The van der Waals surface area contributed by atoms with E-state index in [1.54, 1.807) is 19.1 Å². The van der Waals surface area contributed by atoms with Gasteiger partial charge >= 0.3 is 12.0 Å². The molecule has 1 unspecified atom stereocenters. The molecular formula is C21H21FN2O5S2. The van der Waals surface area contributed by atoms with Crippen LogP contribution in [0.25, 0.3) is 0 Å². The first-order valence-electron chi connectivity index (χ1n) is 9.35. The second kappa shape index (κ2) is 9.52. The number of urea groups is 1. The molecule has 2 aromatic carbocycles. The Balaban J connectivity index is 2.07. The molecular weight excluding hydrogens is 443 g/mol. The zero-order chi connectivity index (χ0) is 22.6. The van der Waals surface area contributed by atoms with Gasteiger partial charge in [-0.1, -0.05) is 12.1 Å². The van der Waals surface area contributed by atoms with E-state index in [-0.39, 0.29) is 22.8 Å². The molecule has 0 saturated carbocycles. The van der Waals surface area contributed by atoms with E-state index in [1.165, 1.54) is 11.8 Å². The molecule has 164 valence electrons. The van der Waals surface area contributed by atoms with E-state index in [1.807, 2.05) is 18.4 Å². The van der Waals surface area contributed by atoms with Gasteiger partial charge in [0.05, 0.1) is 28.9 Å². The summed E-state index contributed by atoms with van der Waals surface area (Å²) in [5.41, 5.74) is 0.530. The number of esters is 1. The average Bonchev–Trinajstić information content (AvgIpc) is 2.73. The van der Waals surface area contributed by atoms with Gasteiger partial charge < -0.3 is 15.4 Å². The topological polar surface area (TPSA) is 102 Å². The van der Waals surface area contributed by atoms with E-state index in [4.69, 9.17) is 4.74 Å². The van der Waals surface area contributed by atoms with Crippen molar-refractivity contribution in [2.75, 3.05) is 18.6 Å². The third-order valence-corrected chi connectivity index (χ3v) is 7.01. The second-order valence-electron chi connectivity index (χ2n) is 6.63. The number of nitrogens with one attached hydrogen (secondary N) is 2. The van der Waals surface area contributed by atoms with Gasteiger partial charge in [0.1, 0.15) is 5.82 Å². The Morgan fingerprint density at radius 1 is 1.13 bits per heavy atom. The highest BCUT2D eigenvalue weighted by Gasteiger charge is 2.35. The smallest absolute Gasteiger partial charge is 0.338 e. The van der Waals surface area contributed by atoms with Crippen LogP contribution >= 0.6 is 11.8 Å². The van der Waals surface area contributed by atoms with Gasteiger partial charge in [-0.15, -0.1) is 11.8 Å². The Bertz CT molecular complexity index is 1110. The van der Waals surface area contributed by atoms with Crippen molar-refractivity contribution in [2.24, 2.45) is 0 Å². The van der Waals surface area contributed by atoms with Crippen molar-refractivity contribution in [2.45, 2.75) is 22.8 Å². The predicted molar refractivity (Wildman–Crippen MR) is 115 cm³/mol. The summed E-state index contributed by atoms with van der Waals surface area (Å²) >= 11 is 1.54. The Morgan fingerprint density at radius 3 is 2.35 bits per heavy atom. The van der Waals surface area contributed by atoms with E-state index in [9.17, 15) is 22.4 Å². The normalized spacial score (nSPS) is 16.5. The summed E-state index contributed by atoms with van der Waals surface area (Å²) in [4.78, 5) is 25.9. The molecule has 7 nitrogen and oxygen atoms in total. The number of carbonyl (C=O) groups excluding carboxylic acids is 2. The largest absolute Gasteiger partial charge is 0.463 e. The molecule has 0 bridgehead atoms. The number of hydrogen-bond acceptors (Lipinski definition) is 6. The molecule has 1 aliphatic rings. The molecule has 1 heterocycles. The molecule has 2 amide bonds. The van der Waals surface area contributed by atoms with E-state index in [0.29, 0.717) is 5.56 Å². The molecule has 2 N–H and O–H groups in total. The molecule has 1 aliphatic heterocycles. The quantitative estimate of drug-likeness (QED) is 0.371. The lowest BCUT2D eigenvalue weighted by atomic mass is 9.95. The number of halogens is 1. The van der Waals surface area contributed by atoms with Gasteiger partial charge in [0.15, 0.2) is 9.84 Å². The molecule has 0 fully saturated rings. The molecule has 0 radical (unpaired) electrons. The van der Waals surface area contributed by atoms with Gasteiger partial charge in [0.2, 0.25) is 0 Å². The van der Waals surface area contributed by atoms with Gasteiger partial charge in [-0.2, -0.15) is 0 Å². The van der Waals surface area contributed by atoms with Crippen LogP contribution < -0.4 is 10.6 Å². The van der Waals surface area contributed by atoms with Crippen LogP contribution in [0.15, 0.2) is 69.6 Å². The maximum Gasteiger partial charge on any atom is 0.338 e. The monoisotopic (exact) mass is 464 g/mol. The zero-order valence-corrected chi connectivity index (χ0v) is 18.5. The zero-order valence-electron chi connectivity index (χ0n) is 16.8. The van der Waals surface area contributed by atoms with Crippen molar-refractivity contribution in [1.29, 1.82) is 0 Å². The summed E-state index contributed by atoms with van der Waals surface area (Å²) in [5, 5.41) is 5.10. The standard InChI is InChI=1S/C21H21FN2O5S2/c1-3-29-20(25)18-17(12-31(27,28)16-10-6-14(22)7-11-16)23-21(26)24-19(18)13-4-8-15(30-2)9-5-13/h4-11,19H,3,12H2,1-2H3,(H2,23,24,26). The minimum atomic E-state index is -3.98. The van der Waals surface area contributed by atoms with Crippen molar-refractivity contribution in [1.82, 2.24) is 10.6 Å². The van der Waals surface area contributed by atoms with Gasteiger partial charge in [0.25, 0.3) is 0 Å². The van der Waals surface area contributed by atoms with Crippen molar-refractivity contribution in [3.63, 3.8) is 0 Å². The fraction of sp³-hybridized carbons (Fsp3) is 0.238. The molecule has 10 heteroatoms. The molecule has 2 aromatic rings. The Labute approximate surface area is 184 Å². The SMILES string of the molecule is CCOC(=O)C1=C(CS(=O)(=O)c2ccc(F)cc2)NC(=O)NC1c1ccc(SC)cc1. The summed E-state index contributed by atoms with van der Waals surface area (Å²) < 4.78 is 44.1. The van der Waals surface area contributed by atoms with Crippen LogP contribution in [0.3, 0.4) is 0 Å². The van der Waals surface area contributed by atoms with Gasteiger partial charge in [-0.05, 0) is 55.1 Å². The van der Waals surface area contributed by atoms with Crippen LogP contribution in [0.2, 0.25) is 0 Å². The number of thioether (sulfide) groups is 1. The van der Waals surface area contributed by atoms with E-state index >= 15 is 0 Å². The number of rotatable bonds is 7. The minimum absolute atomic E-state index is 0.00374. The Morgan fingerprint density at radius 2 is 1.77 bits per heavy atom. The molecule has 0 saturated heterocycles. The summed E-state index contributed by atoms with van der Waals surface area (Å²) in [6, 6.07) is 10.00. The number of amides is 2. The molecule has 0 aromatic heterocycles. The van der Waals surface area contributed by atoms with Crippen LogP contribution in [0.1, 0.15) is 18.5 Å². The van der Waals surface area contributed by atoms with Gasteiger partial charge in [0, 0.05) is 10.6 Å². The molecule has 31 heavy (non-hydrogen) atoms. The lowest BCUT2D eigenvalue weighted by Crippen LogP contribution is -2.47. The maximum atomic E-state index is 13.2. The third kappa shape index (κ3) is 5.26. The van der Waals surface area contributed by atoms with Gasteiger partial charge in [-0.3, -0.25) is 0 Å². The summed E-state index contributed by atoms with van der Waals surface area (Å²) in [6.07, 6.45) is 1.92. The Kier molecular flexibility index (Phi) is 7.01. The number of ether oxygens (including phenoxy) is 1. The summed E-state index contributed by atoms with van der Waals surface area (Å²) in [7, 11) is -3.98.